The first kappa shape index (κ1) is 15.1. The SMILES string of the molecule is C=C(N)Nc1ccc(CCN(C)Cc2ccccc2)cc1. The Morgan fingerprint density at radius 3 is 2.33 bits per heavy atom. The van der Waals surface area contributed by atoms with Gasteiger partial charge in [-0.25, -0.2) is 0 Å². The van der Waals surface area contributed by atoms with Crippen LogP contribution in [0.3, 0.4) is 0 Å². The van der Waals surface area contributed by atoms with E-state index in [-0.39, 0.29) is 0 Å². The Labute approximate surface area is 127 Å². The normalized spacial score (nSPS) is 10.6. The van der Waals surface area contributed by atoms with Gasteiger partial charge in [-0.05, 0) is 36.7 Å². The highest BCUT2D eigenvalue weighted by Crippen LogP contribution is 2.11. The van der Waals surface area contributed by atoms with Gasteiger partial charge in [0.15, 0.2) is 0 Å². The number of hydrogen-bond acceptors (Lipinski definition) is 3. The summed E-state index contributed by atoms with van der Waals surface area (Å²) in [6.07, 6.45) is 1.03. The molecule has 0 aromatic heterocycles. The fourth-order valence-corrected chi connectivity index (χ4v) is 2.23. The zero-order chi connectivity index (χ0) is 15.1. The Morgan fingerprint density at radius 1 is 1.05 bits per heavy atom. The molecule has 0 aliphatic rings. The molecule has 0 aliphatic heterocycles. The molecule has 2 aromatic rings. The summed E-state index contributed by atoms with van der Waals surface area (Å²) in [4.78, 5) is 2.34. The van der Waals surface area contributed by atoms with E-state index in [1.165, 1.54) is 11.1 Å². The average molecular weight is 281 g/mol. The smallest absolute Gasteiger partial charge is 0.0930 e. The van der Waals surface area contributed by atoms with E-state index in [1.54, 1.807) is 0 Å². The predicted octanol–water partition coefficient (Wildman–Crippen LogP) is 3.20. The largest absolute Gasteiger partial charge is 0.386 e. The molecule has 0 atom stereocenters. The third kappa shape index (κ3) is 5.32. The molecule has 0 saturated carbocycles. The molecule has 0 heterocycles. The van der Waals surface area contributed by atoms with Crippen LogP contribution in [-0.2, 0) is 13.0 Å². The number of likely N-dealkylation sites (N-methyl/N-ethyl adjacent to an activating group) is 1. The highest BCUT2D eigenvalue weighted by Gasteiger charge is 2.01. The molecule has 3 heteroatoms. The second kappa shape index (κ2) is 7.50. The molecule has 3 N–H and O–H groups in total. The van der Waals surface area contributed by atoms with Crippen molar-refractivity contribution in [1.29, 1.82) is 0 Å². The van der Waals surface area contributed by atoms with Crippen molar-refractivity contribution in [3.05, 3.63) is 78.1 Å². The minimum atomic E-state index is 0.463. The van der Waals surface area contributed by atoms with Gasteiger partial charge < -0.3 is 16.0 Å². The lowest BCUT2D eigenvalue weighted by atomic mass is 10.1. The first-order valence-corrected chi connectivity index (χ1v) is 7.16. The summed E-state index contributed by atoms with van der Waals surface area (Å²) in [5.74, 6) is 0.463. The second-order valence-electron chi connectivity index (χ2n) is 5.32. The van der Waals surface area contributed by atoms with Crippen LogP contribution in [0.5, 0.6) is 0 Å². The Morgan fingerprint density at radius 2 is 1.71 bits per heavy atom. The van der Waals surface area contributed by atoms with E-state index in [0.717, 1.165) is 25.2 Å². The first-order chi connectivity index (χ1) is 10.1. The standard InChI is InChI=1S/C18H23N3/c1-15(19)20-18-10-8-16(9-11-18)12-13-21(2)14-17-6-4-3-5-7-17/h3-11,20H,1,12-14,19H2,2H3. The van der Waals surface area contributed by atoms with Crippen LogP contribution in [0.4, 0.5) is 5.69 Å². The van der Waals surface area contributed by atoms with Crippen molar-refractivity contribution in [2.75, 3.05) is 18.9 Å². The van der Waals surface area contributed by atoms with Gasteiger partial charge in [-0.2, -0.15) is 0 Å². The highest BCUT2D eigenvalue weighted by molar-refractivity contribution is 5.48. The van der Waals surface area contributed by atoms with Crippen molar-refractivity contribution in [1.82, 2.24) is 4.90 Å². The van der Waals surface area contributed by atoms with E-state index in [4.69, 9.17) is 5.73 Å². The summed E-state index contributed by atoms with van der Waals surface area (Å²) < 4.78 is 0. The molecule has 3 nitrogen and oxygen atoms in total. The van der Waals surface area contributed by atoms with Crippen LogP contribution >= 0.6 is 0 Å². The van der Waals surface area contributed by atoms with Gasteiger partial charge in [0.1, 0.15) is 0 Å². The van der Waals surface area contributed by atoms with E-state index in [2.05, 4.69) is 66.3 Å². The Hall–Kier alpha value is -2.26. The number of nitrogens with zero attached hydrogens (tertiary/aromatic N) is 1. The molecular formula is C18H23N3. The molecule has 0 bridgehead atoms. The Bertz CT molecular complexity index is 561. The summed E-state index contributed by atoms with van der Waals surface area (Å²) in [7, 11) is 2.15. The maximum Gasteiger partial charge on any atom is 0.0930 e. The molecule has 0 radical (unpaired) electrons. The third-order valence-electron chi connectivity index (χ3n) is 3.34. The minimum absolute atomic E-state index is 0.463. The molecule has 2 rings (SSSR count). The fourth-order valence-electron chi connectivity index (χ4n) is 2.23. The second-order valence-corrected chi connectivity index (χ2v) is 5.32. The number of hydrogen-bond donors (Lipinski definition) is 2. The van der Waals surface area contributed by atoms with Crippen LogP contribution in [0.1, 0.15) is 11.1 Å². The van der Waals surface area contributed by atoms with Crippen molar-refractivity contribution in [2.24, 2.45) is 5.73 Å². The van der Waals surface area contributed by atoms with Gasteiger partial charge in [0, 0.05) is 18.8 Å². The van der Waals surface area contributed by atoms with Crippen molar-refractivity contribution in [3.63, 3.8) is 0 Å². The molecule has 0 amide bonds. The monoisotopic (exact) mass is 281 g/mol. The molecule has 0 saturated heterocycles. The Balaban J connectivity index is 1.81. The molecule has 0 fully saturated rings. The first-order valence-electron chi connectivity index (χ1n) is 7.16. The van der Waals surface area contributed by atoms with Crippen molar-refractivity contribution in [2.45, 2.75) is 13.0 Å². The lowest BCUT2D eigenvalue weighted by Gasteiger charge is -2.16. The van der Waals surface area contributed by atoms with Gasteiger partial charge in [0.25, 0.3) is 0 Å². The van der Waals surface area contributed by atoms with Gasteiger partial charge in [0.05, 0.1) is 5.82 Å². The number of nitrogens with one attached hydrogen (secondary N) is 1. The van der Waals surface area contributed by atoms with Gasteiger partial charge in [-0.3, -0.25) is 0 Å². The van der Waals surface area contributed by atoms with Crippen LogP contribution in [-0.4, -0.2) is 18.5 Å². The fraction of sp³-hybridized carbons (Fsp3) is 0.222. The van der Waals surface area contributed by atoms with E-state index in [0.29, 0.717) is 5.82 Å². The van der Waals surface area contributed by atoms with Crippen LogP contribution < -0.4 is 11.1 Å². The summed E-state index contributed by atoms with van der Waals surface area (Å²) in [5.41, 5.74) is 9.17. The molecular weight excluding hydrogens is 258 g/mol. The van der Waals surface area contributed by atoms with E-state index < -0.39 is 0 Å². The topological polar surface area (TPSA) is 41.3 Å². The molecule has 0 aliphatic carbocycles. The van der Waals surface area contributed by atoms with Gasteiger partial charge in [-0.15, -0.1) is 0 Å². The third-order valence-corrected chi connectivity index (χ3v) is 3.34. The summed E-state index contributed by atoms with van der Waals surface area (Å²) in [5, 5.41) is 3.00. The van der Waals surface area contributed by atoms with E-state index in [9.17, 15) is 0 Å². The summed E-state index contributed by atoms with van der Waals surface area (Å²) in [6.45, 7) is 5.64. The minimum Gasteiger partial charge on any atom is -0.386 e. The Kier molecular flexibility index (Phi) is 5.41. The zero-order valence-corrected chi connectivity index (χ0v) is 12.5. The van der Waals surface area contributed by atoms with E-state index >= 15 is 0 Å². The summed E-state index contributed by atoms with van der Waals surface area (Å²) in [6, 6.07) is 18.9. The van der Waals surface area contributed by atoms with Gasteiger partial charge >= 0.3 is 0 Å². The van der Waals surface area contributed by atoms with Crippen LogP contribution in [0.25, 0.3) is 0 Å². The lowest BCUT2D eigenvalue weighted by Crippen LogP contribution is -2.20. The molecule has 21 heavy (non-hydrogen) atoms. The van der Waals surface area contributed by atoms with Crippen molar-refractivity contribution >= 4 is 5.69 Å². The van der Waals surface area contributed by atoms with Crippen LogP contribution in [0, 0.1) is 0 Å². The predicted molar refractivity (Wildman–Crippen MR) is 89.9 cm³/mol. The summed E-state index contributed by atoms with van der Waals surface area (Å²) >= 11 is 0. The average Bonchev–Trinajstić information content (AvgIpc) is 2.47. The molecule has 110 valence electrons. The molecule has 0 unspecified atom stereocenters. The van der Waals surface area contributed by atoms with Gasteiger partial charge in [0.2, 0.25) is 0 Å². The van der Waals surface area contributed by atoms with Crippen LogP contribution in [0.15, 0.2) is 67.0 Å². The number of rotatable bonds is 7. The van der Waals surface area contributed by atoms with E-state index in [1.807, 2.05) is 12.1 Å². The number of anilines is 1. The quantitative estimate of drug-likeness (QED) is 0.819. The van der Waals surface area contributed by atoms with Crippen LogP contribution in [0.2, 0.25) is 0 Å². The van der Waals surface area contributed by atoms with Crippen molar-refractivity contribution in [3.8, 4) is 0 Å². The maximum atomic E-state index is 5.52. The number of nitrogens with two attached hydrogens (primary N) is 1. The lowest BCUT2D eigenvalue weighted by molar-refractivity contribution is 0.331. The highest BCUT2D eigenvalue weighted by atomic mass is 15.1. The van der Waals surface area contributed by atoms with Crippen molar-refractivity contribution < 1.29 is 0 Å². The van der Waals surface area contributed by atoms with Gasteiger partial charge in [-0.1, -0.05) is 49.0 Å². The number of benzene rings is 2. The zero-order valence-electron chi connectivity index (χ0n) is 12.5. The molecule has 2 aromatic carbocycles. The molecule has 0 spiro atoms. The maximum absolute atomic E-state index is 5.52.